The third kappa shape index (κ3) is 5.76. The molecule has 2 atom stereocenters. The maximum Gasteiger partial charge on any atom is 0.317 e. The van der Waals surface area contributed by atoms with Crippen molar-refractivity contribution in [3.8, 4) is 6.07 Å². The van der Waals surface area contributed by atoms with Gasteiger partial charge in [0.15, 0.2) is 0 Å². The first-order valence-electron chi connectivity index (χ1n) is 5.50. The first kappa shape index (κ1) is 15.2. The van der Waals surface area contributed by atoms with E-state index in [1.165, 1.54) is 4.90 Å². The minimum absolute atomic E-state index is 0.156. The van der Waals surface area contributed by atoms with Crippen molar-refractivity contribution in [2.75, 3.05) is 13.6 Å². The summed E-state index contributed by atoms with van der Waals surface area (Å²) in [5, 5.41) is 19.8. The SMILES string of the molecule is CC(CCNC(=O)N(C)C(C)CC#N)C(=O)O. The molecule has 17 heavy (non-hydrogen) atoms. The Bertz CT molecular complexity index is 312. The molecule has 0 heterocycles. The zero-order valence-corrected chi connectivity index (χ0v) is 10.4. The summed E-state index contributed by atoms with van der Waals surface area (Å²) >= 11 is 0. The second-order valence-electron chi connectivity index (χ2n) is 4.08. The predicted molar refractivity (Wildman–Crippen MR) is 62.3 cm³/mol. The molecule has 0 bridgehead atoms. The van der Waals surface area contributed by atoms with Gasteiger partial charge in [-0.1, -0.05) is 6.92 Å². The van der Waals surface area contributed by atoms with E-state index in [1.54, 1.807) is 20.9 Å². The minimum atomic E-state index is -0.870. The van der Waals surface area contributed by atoms with E-state index in [-0.39, 0.29) is 18.5 Å². The normalized spacial score (nSPS) is 13.3. The number of nitriles is 1. The van der Waals surface area contributed by atoms with E-state index in [0.717, 1.165) is 0 Å². The van der Waals surface area contributed by atoms with Crippen LogP contribution in [0.3, 0.4) is 0 Å². The van der Waals surface area contributed by atoms with Crippen LogP contribution < -0.4 is 5.32 Å². The molecule has 0 aliphatic heterocycles. The molecular weight excluding hydrogens is 222 g/mol. The van der Waals surface area contributed by atoms with Crippen LogP contribution in [0.25, 0.3) is 0 Å². The monoisotopic (exact) mass is 241 g/mol. The van der Waals surface area contributed by atoms with Gasteiger partial charge in [0.1, 0.15) is 0 Å². The van der Waals surface area contributed by atoms with Crippen LogP contribution in [0.4, 0.5) is 4.79 Å². The number of amides is 2. The van der Waals surface area contributed by atoms with E-state index < -0.39 is 11.9 Å². The maximum absolute atomic E-state index is 11.6. The van der Waals surface area contributed by atoms with Gasteiger partial charge < -0.3 is 15.3 Å². The van der Waals surface area contributed by atoms with Crippen LogP contribution in [-0.4, -0.2) is 41.6 Å². The lowest BCUT2D eigenvalue weighted by Crippen LogP contribution is -2.42. The lowest BCUT2D eigenvalue weighted by Gasteiger charge is -2.23. The van der Waals surface area contributed by atoms with E-state index in [4.69, 9.17) is 10.4 Å². The molecule has 0 aromatic heterocycles. The second-order valence-corrected chi connectivity index (χ2v) is 4.08. The molecule has 0 aliphatic carbocycles. The Hall–Kier alpha value is -1.77. The summed E-state index contributed by atoms with van der Waals surface area (Å²) in [5.41, 5.74) is 0. The number of carbonyl (C=O) groups excluding carboxylic acids is 1. The fraction of sp³-hybridized carbons (Fsp3) is 0.727. The molecule has 0 saturated heterocycles. The van der Waals surface area contributed by atoms with Crippen LogP contribution in [0.1, 0.15) is 26.7 Å². The summed E-state index contributed by atoms with van der Waals surface area (Å²) in [6, 6.07) is 1.55. The fourth-order valence-electron chi connectivity index (χ4n) is 1.11. The van der Waals surface area contributed by atoms with E-state index in [0.29, 0.717) is 13.0 Å². The molecule has 0 saturated carbocycles. The first-order chi connectivity index (χ1) is 7.90. The Balaban J connectivity index is 3.94. The standard InChI is InChI=1S/C11H19N3O3/c1-8(10(15)16)5-7-13-11(17)14(3)9(2)4-6-12/h8-9H,4-5,7H2,1-3H3,(H,13,17)(H,15,16). The zero-order chi connectivity index (χ0) is 13.4. The van der Waals surface area contributed by atoms with Gasteiger partial charge >= 0.3 is 12.0 Å². The largest absolute Gasteiger partial charge is 0.481 e. The van der Waals surface area contributed by atoms with Gasteiger partial charge in [-0.3, -0.25) is 4.79 Å². The van der Waals surface area contributed by atoms with Gasteiger partial charge in [0.05, 0.1) is 18.4 Å². The van der Waals surface area contributed by atoms with Crippen LogP contribution in [0.15, 0.2) is 0 Å². The number of hydrogen-bond acceptors (Lipinski definition) is 3. The van der Waals surface area contributed by atoms with Gasteiger partial charge in [0.2, 0.25) is 0 Å². The van der Waals surface area contributed by atoms with E-state index in [2.05, 4.69) is 5.32 Å². The molecule has 0 radical (unpaired) electrons. The van der Waals surface area contributed by atoms with Crippen molar-refractivity contribution in [2.45, 2.75) is 32.7 Å². The van der Waals surface area contributed by atoms with Gasteiger partial charge in [0.25, 0.3) is 0 Å². The van der Waals surface area contributed by atoms with Crippen molar-refractivity contribution in [2.24, 2.45) is 5.92 Å². The second kappa shape index (κ2) is 7.49. The number of nitrogens with zero attached hydrogens (tertiary/aromatic N) is 2. The van der Waals surface area contributed by atoms with Crippen molar-refractivity contribution in [1.29, 1.82) is 5.26 Å². The Kier molecular flexibility index (Phi) is 6.71. The van der Waals surface area contributed by atoms with Crippen molar-refractivity contribution in [3.05, 3.63) is 0 Å². The maximum atomic E-state index is 11.6. The molecule has 0 aromatic carbocycles. The number of nitrogens with one attached hydrogen (secondary N) is 1. The van der Waals surface area contributed by atoms with Crippen LogP contribution in [0.2, 0.25) is 0 Å². The third-order valence-electron chi connectivity index (χ3n) is 2.64. The molecule has 0 aromatic rings. The summed E-state index contributed by atoms with van der Waals surface area (Å²) in [4.78, 5) is 23.6. The van der Waals surface area contributed by atoms with Gasteiger partial charge in [-0.25, -0.2) is 4.79 Å². The first-order valence-corrected chi connectivity index (χ1v) is 5.50. The van der Waals surface area contributed by atoms with Gasteiger partial charge in [0, 0.05) is 19.6 Å². The molecule has 2 N–H and O–H groups in total. The van der Waals surface area contributed by atoms with Crippen molar-refractivity contribution in [3.63, 3.8) is 0 Å². The number of aliphatic carboxylic acids is 1. The molecule has 6 nitrogen and oxygen atoms in total. The molecule has 2 unspecified atom stereocenters. The van der Waals surface area contributed by atoms with E-state index in [1.807, 2.05) is 6.07 Å². The van der Waals surface area contributed by atoms with Crippen LogP contribution in [0.5, 0.6) is 0 Å². The minimum Gasteiger partial charge on any atom is -0.481 e. The number of carboxylic acids is 1. The number of hydrogen-bond donors (Lipinski definition) is 2. The number of urea groups is 1. The van der Waals surface area contributed by atoms with Crippen LogP contribution >= 0.6 is 0 Å². The topological polar surface area (TPSA) is 93.4 Å². The summed E-state index contributed by atoms with van der Waals surface area (Å²) < 4.78 is 0. The highest BCUT2D eigenvalue weighted by molar-refractivity contribution is 5.74. The number of carboxylic acid groups (broad SMARTS) is 1. The average Bonchev–Trinajstić information content (AvgIpc) is 2.27. The highest BCUT2D eigenvalue weighted by Crippen LogP contribution is 2.02. The number of carbonyl (C=O) groups is 2. The third-order valence-corrected chi connectivity index (χ3v) is 2.64. The Labute approximate surface area is 101 Å². The Morgan fingerprint density at radius 1 is 1.47 bits per heavy atom. The highest BCUT2D eigenvalue weighted by atomic mass is 16.4. The average molecular weight is 241 g/mol. The molecule has 0 aliphatic rings. The summed E-state index contributed by atoms with van der Waals surface area (Å²) in [5.74, 6) is -1.34. The van der Waals surface area contributed by atoms with E-state index in [9.17, 15) is 9.59 Å². The molecule has 96 valence electrons. The summed E-state index contributed by atoms with van der Waals surface area (Å²) in [7, 11) is 1.61. The van der Waals surface area contributed by atoms with Crippen LogP contribution in [0, 0.1) is 17.2 Å². The highest BCUT2D eigenvalue weighted by Gasteiger charge is 2.16. The zero-order valence-electron chi connectivity index (χ0n) is 10.4. The van der Waals surface area contributed by atoms with Gasteiger partial charge in [-0.2, -0.15) is 5.26 Å². The van der Waals surface area contributed by atoms with Gasteiger partial charge in [-0.15, -0.1) is 0 Å². The van der Waals surface area contributed by atoms with Crippen molar-refractivity contribution in [1.82, 2.24) is 10.2 Å². The quantitative estimate of drug-likeness (QED) is 0.726. The van der Waals surface area contributed by atoms with Crippen LogP contribution in [-0.2, 0) is 4.79 Å². The van der Waals surface area contributed by atoms with Gasteiger partial charge in [-0.05, 0) is 13.3 Å². The number of rotatable bonds is 6. The van der Waals surface area contributed by atoms with Crippen molar-refractivity contribution >= 4 is 12.0 Å². The molecule has 0 spiro atoms. The molecule has 2 amide bonds. The fourth-order valence-corrected chi connectivity index (χ4v) is 1.11. The lowest BCUT2D eigenvalue weighted by molar-refractivity contribution is -0.141. The smallest absolute Gasteiger partial charge is 0.317 e. The summed E-state index contributed by atoms with van der Waals surface area (Å²) in [6.45, 7) is 3.69. The predicted octanol–water partition coefficient (Wildman–Crippen LogP) is 1.04. The summed E-state index contributed by atoms with van der Waals surface area (Å²) in [6.07, 6.45) is 0.664. The molecular formula is C11H19N3O3. The molecule has 0 rings (SSSR count). The lowest BCUT2D eigenvalue weighted by atomic mass is 10.1. The Morgan fingerprint density at radius 2 is 2.06 bits per heavy atom. The molecule has 6 heteroatoms. The van der Waals surface area contributed by atoms with E-state index >= 15 is 0 Å². The Morgan fingerprint density at radius 3 is 2.53 bits per heavy atom. The molecule has 0 fully saturated rings. The van der Waals surface area contributed by atoms with Crippen molar-refractivity contribution < 1.29 is 14.7 Å².